The molecule has 1 aromatic carbocycles. The number of Topliss-reactive ketones (excluding diaryl/α,β-unsaturated/α-hetero) is 2. The third-order valence-corrected chi connectivity index (χ3v) is 9.33. The van der Waals surface area contributed by atoms with E-state index in [-0.39, 0.29) is 42.8 Å². The Hall–Kier alpha value is -1.70. The summed E-state index contributed by atoms with van der Waals surface area (Å²) in [6.07, 6.45) is 6.79. The van der Waals surface area contributed by atoms with Crippen LogP contribution in [0.2, 0.25) is 0 Å². The largest absolute Gasteiger partial charge is 0.611 e. The van der Waals surface area contributed by atoms with Crippen molar-refractivity contribution in [3.63, 3.8) is 0 Å². The molecule has 0 bridgehead atoms. The number of ketones is 2. The Morgan fingerprint density at radius 3 is 2.38 bits per heavy atom. The minimum Gasteiger partial charge on any atom is -0.611 e. The molecule has 5 nitrogen and oxygen atoms in total. The van der Waals surface area contributed by atoms with E-state index < -0.39 is 22.5 Å². The van der Waals surface area contributed by atoms with Gasteiger partial charge in [-0.1, -0.05) is 50.4 Å². The predicted molar refractivity (Wildman–Crippen MR) is 149 cm³/mol. The quantitative estimate of drug-likeness (QED) is 0.0800. The molecule has 0 radical (unpaired) electrons. The zero-order valence-corrected chi connectivity index (χ0v) is 24.4. The molecule has 2 rings (SSSR count). The van der Waals surface area contributed by atoms with Crippen LogP contribution < -0.4 is 0 Å². The Morgan fingerprint density at radius 2 is 1.84 bits per heavy atom. The lowest BCUT2D eigenvalue weighted by atomic mass is 9.60. The highest BCUT2D eigenvalue weighted by molar-refractivity contribution is 7.91. The number of hydrogen-bond donors (Lipinski definition) is 0. The minimum atomic E-state index is -1.28. The number of halogens is 2. The number of nitrogens with zero attached hydrogens (tertiary/aromatic N) is 1. The maximum Gasteiger partial charge on any atom is 0.158 e. The number of carbonyl (C=O) groups is 2. The molecule has 0 aromatic heterocycles. The monoisotopic (exact) mass is 553 g/mol. The van der Waals surface area contributed by atoms with Crippen LogP contribution in [0.5, 0.6) is 0 Å². The molecule has 1 aliphatic rings. The molecular formula is C29H41ClFNO4S. The minimum absolute atomic E-state index is 0.106. The molecule has 0 amide bonds. The molecule has 206 valence electrons. The molecule has 1 fully saturated rings. The number of unbranched alkanes of at least 4 members (excludes halogenated alkanes) is 2. The van der Waals surface area contributed by atoms with Gasteiger partial charge in [0.15, 0.2) is 4.90 Å². The maximum absolute atomic E-state index is 13.7. The normalized spacial score (nSPS) is 21.8. The second kappa shape index (κ2) is 15.0. The summed E-state index contributed by atoms with van der Waals surface area (Å²) >= 11 is 4.26. The van der Waals surface area contributed by atoms with Crippen molar-refractivity contribution in [2.75, 3.05) is 12.4 Å². The molecule has 37 heavy (non-hydrogen) atoms. The van der Waals surface area contributed by atoms with Crippen LogP contribution in [0.15, 0.2) is 33.8 Å². The Kier molecular flexibility index (Phi) is 12.8. The molecule has 0 N–H and O–H groups in total. The number of oxime groups is 1. The highest BCUT2D eigenvalue weighted by atomic mass is 35.5. The van der Waals surface area contributed by atoms with Gasteiger partial charge in [0.1, 0.15) is 35.7 Å². The van der Waals surface area contributed by atoms with Crippen LogP contribution in [-0.2, 0) is 25.6 Å². The number of hydrogen-bond acceptors (Lipinski definition) is 5. The zero-order chi connectivity index (χ0) is 27.6. The van der Waals surface area contributed by atoms with Crippen LogP contribution in [0.4, 0.5) is 4.39 Å². The number of carbonyl (C=O) groups excluding carboxylic acids is 2. The first-order chi connectivity index (χ1) is 17.6. The fraction of sp³-hybridized carbons (Fsp3) is 0.621. The highest BCUT2D eigenvalue weighted by Crippen LogP contribution is 2.46. The molecule has 1 atom stereocenters. The average molecular weight is 554 g/mol. The van der Waals surface area contributed by atoms with Gasteiger partial charge < -0.3 is 9.39 Å². The third-order valence-electron chi connectivity index (χ3n) is 7.39. The van der Waals surface area contributed by atoms with E-state index in [4.69, 9.17) is 16.4 Å². The van der Waals surface area contributed by atoms with Crippen molar-refractivity contribution in [3.8, 4) is 0 Å². The number of aryl methyl sites for hydroxylation is 2. The van der Waals surface area contributed by atoms with E-state index in [1.807, 2.05) is 13.8 Å². The molecule has 0 spiro atoms. The van der Waals surface area contributed by atoms with E-state index in [0.29, 0.717) is 46.7 Å². The van der Waals surface area contributed by atoms with Crippen LogP contribution in [-0.4, -0.2) is 34.2 Å². The Morgan fingerprint density at radius 1 is 1.22 bits per heavy atom. The molecule has 1 aliphatic carbocycles. The first-order valence-corrected chi connectivity index (χ1v) is 15.0. The van der Waals surface area contributed by atoms with E-state index in [1.54, 1.807) is 19.9 Å². The van der Waals surface area contributed by atoms with Crippen LogP contribution >= 0.6 is 11.6 Å². The van der Waals surface area contributed by atoms with Gasteiger partial charge in [-0.2, -0.15) is 0 Å². The SMILES string of the molecule is CCCCCC(=NOCC=CCl)[C@H]1C(=O)C[C@@](CCC[S+]([O-])c2c(C)cc(F)cc2C)(C(C)C)CC1=O. The lowest BCUT2D eigenvalue weighted by molar-refractivity contribution is -0.139. The van der Waals surface area contributed by atoms with Gasteiger partial charge in [-0.25, -0.2) is 4.39 Å². The van der Waals surface area contributed by atoms with Crippen molar-refractivity contribution in [3.05, 3.63) is 40.7 Å². The first kappa shape index (κ1) is 31.5. The van der Waals surface area contributed by atoms with Crippen LogP contribution in [0.3, 0.4) is 0 Å². The van der Waals surface area contributed by atoms with Gasteiger partial charge in [-0.05, 0) is 80.2 Å². The molecule has 1 saturated carbocycles. The predicted octanol–water partition coefficient (Wildman–Crippen LogP) is 7.23. The van der Waals surface area contributed by atoms with E-state index in [0.717, 1.165) is 19.3 Å². The lowest BCUT2D eigenvalue weighted by Crippen LogP contribution is -2.46. The summed E-state index contributed by atoms with van der Waals surface area (Å²) in [5, 5.41) is 4.19. The summed E-state index contributed by atoms with van der Waals surface area (Å²) in [5.74, 6) is -0.899. The average Bonchev–Trinajstić information content (AvgIpc) is 2.80. The maximum atomic E-state index is 13.7. The summed E-state index contributed by atoms with van der Waals surface area (Å²) in [5.41, 5.74) is 2.73. The smallest absolute Gasteiger partial charge is 0.158 e. The van der Waals surface area contributed by atoms with Crippen LogP contribution in [0, 0.1) is 36.9 Å². The summed E-state index contributed by atoms with van der Waals surface area (Å²) in [6, 6.07) is 2.81. The fourth-order valence-corrected chi connectivity index (χ4v) is 6.82. The van der Waals surface area contributed by atoms with E-state index in [1.165, 1.54) is 17.7 Å². The van der Waals surface area contributed by atoms with Gasteiger partial charge >= 0.3 is 0 Å². The zero-order valence-electron chi connectivity index (χ0n) is 22.8. The Labute approximate surface area is 229 Å². The van der Waals surface area contributed by atoms with Gasteiger partial charge in [-0.15, -0.1) is 0 Å². The van der Waals surface area contributed by atoms with Gasteiger partial charge in [0, 0.05) is 29.5 Å². The molecule has 0 saturated heterocycles. The van der Waals surface area contributed by atoms with Gasteiger partial charge in [-0.3, -0.25) is 9.59 Å². The summed E-state index contributed by atoms with van der Waals surface area (Å²) < 4.78 is 26.7. The summed E-state index contributed by atoms with van der Waals surface area (Å²) in [7, 11) is 0. The second-order valence-corrected chi connectivity index (χ2v) is 12.2. The van der Waals surface area contributed by atoms with Crippen molar-refractivity contribution < 1.29 is 23.4 Å². The van der Waals surface area contributed by atoms with Gasteiger partial charge in [0.05, 0.1) is 5.71 Å². The summed E-state index contributed by atoms with van der Waals surface area (Å²) in [6.45, 7) is 9.90. The van der Waals surface area contributed by atoms with E-state index >= 15 is 0 Å². The number of rotatable bonds is 14. The second-order valence-electron chi connectivity index (χ2n) is 10.5. The third kappa shape index (κ3) is 8.66. The van der Waals surface area contributed by atoms with Crippen LogP contribution in [0.1, 0.15) is 83.3 Å². The first-order valence-electron chi connectivity index (χ1n) is 13.2. The molecule has 0 heterocycles. The van der Waals surface area contributed by atoms with E-state index in [2.05, 4.69) is 12.1 Å². The highest BCUT2D eigenvalue weighted by Gasteiger charge is 2.48. The van der Waals surface area contributed by atoms with Crippen molar-refractivity contribution in [1.29, 1.82) is 0 Å². The Bertz CT molecular complexity index is 953. The molecule has 1 unspecified atom stereocenters. The van der Waals surface area contributed by atoms with Crippen molar-refractivity contribution in [1.82, 2.24) is 0 Å². The van der Waals surface area contributed by atoms with Crippen molar-refractivity contribution in [2.45, 2.75) is 90.9 Å². The van der Waals surface area contributed by atoms with Gasteiger partial charge in [0.25, 0.3) is 0 Å². The lowest BCUT2D eigenvalue weighted by Gasteiger charge is -2.42. The molecule has 0 aliphatic heterocycles. The molecular weight excluding hydrogens is 513 g/mol. The van der Waals surface area contributed by atoms with Crippen molar-refractivity contribution >= 4 is 40.1 Å². The number of benzene rings is 1. The van der Waals surface area contributed by atoms with Crippen LogP contribution in [0.25, 0.3) is 0 Å². The topological polar surface area (TPSA) is 78.8 Å². The molecule has 1 aromatic rings. The van der Waals surface area contributed by atoms with Crippen molar-refractivity contribution in [2.24, 2.45) is 22.4 Å². The fourth-order valence-electron chi connectivity index (χ4n) is 5.30. The van der Waals surface area contributed by atoms with E-state index in [9.17, 15) is 18.5 Å². The van der Waals surface area contributed by atoms with Gasteiger partial charge in [0.2, 0.25) is 0 Å². The standard InChI is InChI=1S/C29H41ClFNO4S/c1-6-7-8-11-24(32-36-14-10-13-30)27-25(33)18-29(20(2)3,19-26(27)34)12-9-15-37(35)28-21(4)16-23(31)17-22(28)5/h10,13,16-17,20,27H,6-9,11-12,14-15,18-19H2,1-5H3/t27-,29+,37?. The molecule has 8 heteroatoms. The Balaban J connectivity index is 2.14. The summed E-state index contributed by atoms with van der Waals surface area (Å²) in [4.78, 5) is 32.9.